The Balaban J connectivity index is 2.60. The van der Waals surface area contributed by atoms with Crippen molar-refractivity contribution in [3.05, 3.63) is 0 Å². The van der Waals surface area contributed by atoms with Crippen LogP contribution in [-0.4, -0.2) is 36.1 Å². The van der Waals surface area contributed by atoms with Crippen LogP contribution in [0.1, 0.15) is 67.2 Å². The Morgan fingerprint density at radius 2 is 1.95 bits per heavy atom. The van der Waals surface area contributed by atoms with Crippen LogP contribution in [-0.2, 0) is 0 Å². The minimum absolute atomic E-state index is 0.321. The van der Waals surface area contributed by atoms with Gasteiger partial charge in [0.1, 0.15) is 0 Å². The number of piperazine rings is 1. The predicted molar refractivity (Wildman–Crippen MR) is 85.6 cm³/mol. The van der Waals surface area contributed by atoms with E-state index in [4.69, 9.17) is 0 Å². The molecule has 1 rings (SSSR count). The van der Waals surface area contributed by atoms with Gasteiger partial charge in [-0.25, -0.2) is 0 Å². The third-order valence-corrected chi connectivity index (χ3v) is 5.07. The first-order valence-electron chi connectivity index (χ1n) is 8.41. The van der Waals surface area contributed by atoms with Crippen molar-refractivity contribution in [1.29, 1.82) is 0 Å². The van der Waals surface area contributed by atoms with Gasteiger partial charge < -0.3 is 5.32 Å². The lowest BCUT2D eigenvalue weighted by Gasteiger charge is -2.48. The molecule has 1 saturated heterocycles. The van der Waals surface area contributed by atoms with Gasteiger partial charge in [-0.05, 0) is 44.6 Å². The Bertz CT molecular complexity index is 252. The first-order valence-corrected chi connectivity index (χ1v) is 8.41. The predicted octanol–water partition coefficient (Wildman–Crippen LogP) is 3.91. The summed E-state index contributed by atoms with van der Waals surface area (Å²) in [5.41, 5.74) is 0.321. The molecule has 1 N–H and O–H groups in total. The van der Waals surface area contributed by atoms with Crippen molar-refractivity contribution in [1.82, 2.24) is 10.2 Å². The maximum Gasteiger partial charge on any atom is 0.0278 e. The summed E-state index contributed by atoms with van der Waals surface area (Å²) in [5.74, 6) is 1.63. The van der Waals surface area contributed by atoms with E-state index in [0.717, 1.165) is 17.9 Å². The van der Waals surface area contributed by atoms with Crippen LogP contribution in [0.3, 0.4) is 0 Å². The van der Waals surface area contributed by atoms with Crippen molar-refractivity contribution in [2.45, 2.75) is 78.8 Å². The number of rotatable bonds is 7. The fourth-order valence-electron chi connectivity index (χ4n) is 3.12. The van der Waals surface area contributed by atoms with E-state index in [2.05, 4.69) is 51.8 Å². The summed E-state index contributed by atoms with van der Waals surface area (Å²) in [6, 6.07) is 0.733. The van der Waals surface area contributed by atoms with E-state index < -0.39 is 0 Å². The molecule has 1 aliphatic rings. The van der Waals surface area contributed by atoms with E-state index in [1.807, 2.05) is 0 Å². The average Bonchev–Trinajstić information content (AvgIpc) is 2.38. The molecule has 2 heteroatoms. The van der Waals surface area contributed by atoms with Gasteiger partial charge in [-0.15, -0.1) is 0 Å². The molecule has 3 atom stereocenters. The quantitative estimate of drug-likeness (QED) is 0.753. The molecule has 0 radical (unpaired) electrons. The van der Waals surface area contributed by atoms with Gasteiger partial charge in [-0.2, -0.15) is 0 Å². The average molecular weight is 268 g/mol. The fraction of sp³-hybridized carbons (Fsp3) is 1.00. The summed E-state index contributed by atoms with van der Waals surface area (Å²) < 4.78 is 0. The molecule has 19 heavy (non-hydrogen) atoms. The summed E-state index contributed by atoms with van der Waals surface area (Å²) in [6.07, 6.45) is 5.22. The molecular formula is C17H36N2. The molecule has 0 aromatic rings. The summed E-state index contributed by atoms with van der Waals surface area (Å²) in [7, 11) is 0. The van der Waals surface area contributed by atoms with Crippen molar-refractivity contribution < 1.29 is 0 Å². The Kier molecular flexibility index (Phi) is 6.82. The summed E-state index contributed by atoms with van der Waals surface area (Å²) in [6.45, 7) is 17.8. The second-order valence-electron chi connectivity index (χ2n) is 7.25. The van der Waals surface area contributed by atoms with E-state index >= 15 is 0 Å². The molecule has 0 bridgehead atoms. The summed E-state index contributed by atoms with van der Waals surface area (Å²) in [5, 5.41) is 3.80. The van der Waals surface area contributed by atoms with Gasteiger partial charge in [-0.3, -0.25) is 4.90 Å². The molecule has 0 saturated carbocycles. The van der Waals surface area contributed by atoms with Gasteiger partial charge in [0, 0.05) is 24.7 Å². The summed E-state index contributed by atoms with van der Waals surface area (Å²) in [4.78, 5) is 2.77. The molecule has 0 aromatic carbocycles. The van der Waals surface area contributed by atoms with Crippen molar-refractivity contribution in [3.63, 3.8) is 0 Å². The van der Waals surface area contributed by atoms with E-state index in [1.54, 1.807) is 0 Å². The number of nitrogens with one attached hydrogen (secondary N) is 1. The van der Waals surface area contributed by atoms with E-state index in [9.17, 15) is 0 Å². The highest BCUT2D eigenvalue weighted by Gasteiger charge is 2.35. The Morgan fingerprint density at radius 3 is 2.47 bits per heavy atom. The van der Waals surface area contributed by atoms with Gasteiger partial charge in [0.05, 0.1) is 0 Å². The molecule has 1 fully saturated rings. The SMILES string of the molecule is CCC(C)C1CNC(C)(CC)CN1CCCC(C)C. The van der Waals surface area contributed by atoms with Gasteiger partial charge in [-0.1, -0.05) is 41.0 Å². The summed E-state index contributed by atoms with van der Waals surface area (Å²) >= 11 is 0. The smallest absolute Gasteiger partial charge is 0.0278 e. The van der Waals surface area contributed by atoms with Crippen molar-refractivity contribution in [3.8, 4) is 0 Å². The zero-order valence-electron chi connectivity index (χ0n) is 14.1. The topological polar surface area (TPSA) is 15.3 Å². The Morgan fingerprint density at radius 1 is 1.26 bits per heavy atom. The molecule has 1 aliphatic heterocycles. The lowest BCUT2D eigenvalue weighted by molar-refractivity contribution is 0.0530. The molecule has 3 unspecified atom stereocenters. The number of nitrogens with zero attached hydrogens (tertiary/aromatic N) is 1. The van der Waals surface area contributed by atoms with Crippen LogP contribution in [0.5, 0.6) is 0 Å². The van der Waals surface area contributed by atoms with Crippen molar-refractivity contribution in [2.75, 3.05) is 19.6 Å². The highest BCUT2D eigenvalue weighted by Crippen LogP contribution is 2.24. The van der Waals surface area contributed by atoms with Crippen LogP contribution in [0.4, 0.5) is 0 Å². The zero-order valence-corrected chi connectivity index (χ0v) is 14.1. The lowest BCUT2D eigenvalue weighted by Crippen LogP contribution is -2.64. The fourth-order valence-corrected chi connectivity index (χ4v) is 3.12. The molecule has 0 amide bonds. The molecule has 0 aliphatic carbocycles. The van der Waals surface area contributed by atoms with E-state index in [1.165, 1.54) is 45.3 Å². The minimum Gasteiger partial charge on any atom is -0.309 e. The molecule has 0 spiro atoms. The van der Waals surface area contributed by atoms with E-state index in [-0.39, 0.29) is 0 Å². The first-order chi connectivity index (χ1) is 8.91. The van der Waals surface area contributed by atoms with Crippen LogP contribution < -0.4 is 5.32 Å². The standard InChI is InChI=1S/C17H36N2/c1-7-15(5)16-12-18-17(6,8-2)13-19(16)11-9-10-14(3)4/h14-16,18H,7-13H2,1-6H3. The first kappa shape index (κ1) is 17.0. The zero-order chi connectivity index (χ0) is 14.5. The maximum atomic E-state index is 3.80. The minimum atomic E-state index is 0.321. The highest BCUT2D eigenvalue weighted by atomic mass is 15.3. The largest absolute Gasteiger partial charge is 0.309 e. The highest BCUT2D eigenvalue weighted by molar-refractivity contribution is 4.95. The maximum absolute atomic E-state index is 3.80. The number of hydrogen-bond acceptors (Lipinski definition) is 2. The van der Waals surface area contributed by atoms with Crippen LogP contribution in [0.2, 0.25) is 0 Å². The van der Waals surface area contributed by atoms with Crippen molar-refractivity contribution >= 4 is 0 Å². The second-order valence-corrected chi connectivity index (χ2v) is 7.25. The van der Waals surface area contributed by atoms with Gasteiger partial charge in [0.25, 0.3) is 0 Å². The molecule has 2 nitrogen and oxygen atoms in total. The molecule has 0 aromatic heterocycles. The lowest BCUT2D eigenvalue weighted by atomic mass is 9.88. The third-order valence-electron chi connectivity index (χ3n) is 5.07. The van der Waals surface area contributed by atoms with Gasteiger partial charge in [0.15, 0.2) is 0 Å². The molecule has 114 valence electrons. The third kappa shape index (κ3) is 5.07. The van der Waals surface area contributed by atoms with Crippen molar-refractivity contribution in [2.24, 2.45) is 11.8 Å². The van der Waals surface area contributed by atoms with E-state index in [0.29, 0.717) is 5.54 Å². The second kappa shape index (κ2) is 7.64. The normalized spacial score (nSPS) is 30.8. The van der Waals surface area contributed by atoms with Gasteiger partial charge >= 0.3 is 0 Å². The van der Waals surface area contributed by atoms with Crippen LogP contribution >= 0.6 is 0 Å². The molecule has 1 heterocycles. The van der Waals surface area contributed by atoms with Gasteiger partial charge in [0.2, 0.25) is 0 Å². The monoisotopic (exact) mass is 268 g/mol. The van der Waals surface area contributed by atoms with Crippen LogP contribution in [0.15, 0.2) is 0 Å². The van der Waals surface area contributed by atoms with Crippen LogP contribution in [0, 0.1) is 11.8 Å². The van der Waals surface area contributed by atoms with Crippen LogP contribution in [0.25, 0.3) is 0 Å². The molecular weight excluding hydrogens is 232 g/mol. The Labute approximate surface area is 121 Å². The number of hydrogen-bond donors (Lipinski definition) is 1. The Hall–Kier alpha value is -0.0800.